The largest absolute Gasteiger partial charge is 0.497 e. The number of methoxy groups -OCH3 is 1. The van der Waals surface area contributed by atoms with Crippen molar-refractivity contribution in [3.05, 3.63) is 41.0 Å². The summed E-state index contributed by atoms with van der Waals surface area (Å²) in [6.07, 6.45) is 0. The zero-order valence-corrected chi connectivity index (χ0v) is 11.7. The number of H-pyrrole nitrogens is 1. The number of nitrogens with zero attached hydrogens (tertiary/aromatic N) is 2. The minimum absolute atomic E-state index is 0.000749. The molecule has 21 heavy (non-hydrogen) atoms. The first kappa shape index (κ1) is 14.9. The third kappa shape index (κ3) is 3.15. The number of aromatic nitrogens is 3. The summed E-state index contributed by atoms with van der Waals surface area (Å²) < 4.78 is 32.3. The van der Waals surface area contributed by atoms with Crippen LogP contribution in [0.5, 0.6) is 5.75 Å². The number of aryl methyl sites for hydroxylation is 1. The van der Waals surface area contributed by atoms with Gasteiger partial charge in [0.1, 0.15) is 28.8 Å². The van der Waals surface area contributed by atoms with Crippen LogP contribution in [-0.2, 0) is 0 Å². The van der Waals surface area contributed by atoms with Crippen molar-refractivity contribution in [2.24, 2.45) is 0 Å². The fraction of sp³-hybridized carbons (Fsp3) is 0.308. The van der Waals surface area contributed by atoms with Crippen LogP contribution in [0.3, 0.4) is 0 Å². The van der Waals surface area contributed by atoms with Gasteiger partial charge in [-0.25, -0.2) is 13.8 Å². The SMILES string of the molecule is COc1cc(F)c(C(=O)NC(C)c2n[nH]c(C)n2)c(F)c1. The molecule has 2 rings (SSSR count). The summed E-state index contributed by atoms with van der Waals surface area (Å²) >= 11 is 0. The van der Waals surface area contributed by atoms with E-state index in [2.05, 4.69) is 20.5 Å². The van der Waals surface area contributed by atoms with Gasteiger partial charge >= 0.3 is 0 Å². The molecule has 0 spiro atoms. The first-order chi connectivity index (χ1) is 9.92. The zero-order valence-electron chi connectivity index (χ0n) is 11.7. The standard InChI is InChI=1S/C13H14F2N4O2/c1-6(12-17-7(2)18-19-12)16-13(20)11-9(14)4-8(21-3)5-10(11)15/h4-6H,1-3H3,(H,16,20)(H,17,18,19). The van der Waals surface area contributed by atoms with Crippen LogP contribution in [0.4, 0.5) is 8.78 Å². The lowest BCUT2D eigenvalue weighted by Crippen LogP contribution is -2.29. The van der Waals surface area contributed by atoms with Crippen LogP contribution in [0.1, 0.15) is 35.0 Å². The Morgan fingerprint density at radius 3 is 2.48 bits per heavy atom. The maximum absolute atomic E-state index is 13.8. The lowest BCUT2D eigenvalue weighted by atomic mass is 10.1. The number of nitrogens with one attached hydrogen (secondary N) is 2. The first-order valence-electron chi connectivity index (χ1n) is 6.15. The average molecular weight is 296 g/mol. The molecule has 2 N–H and O–H groups in total. The van der Waals surface area contributed by atoms with Crippen molar-refractivity contribution in [2.45, 2.75) is 19.9 Å². The van der Waals surface area contributed by atoms with E-state index in [1.54, 1.807) is 13.8 Å². The van der Waals surface area contributed by atoms with Gasteiger partial charge in [-0.1, -0.05) is 0 Å². The molecule has 8 heteroatoms. The van der Waals surface area contributed by atoms with Crippen LogP contribution in [-0.4, -0.2) is 28.2 Å². The molecule has 0 bridgehead atoms. The number of benzene rings is 1. The summed E-state index contributed by atoms with van der Waals surface area (Å²) in [6, 6.07) is 1.29. The quantitative estimate of drug-likeness (QED) is 0.903. The summed E-state index contributed by atoms with van der Waals surface area (Å²) in [5.74, 6) is -1.98. The number of halogens is 2. The molecule has 112 valence electrons. The molecule has 0 aliphatic rings. The number of carbonyl (C=O) groups is 1. The highest BCUT2D eigenvalue weighted by molar-refractivity contribution is 5.95. The van der Waals surface area contributed by atoms with Crippen LogP contribution in [0, 0.1) is 18.6 Å². The molecule has 6 nitrogen and oxygen atoms in total. The van der Waals surface area contributed by atoms with Crippen molar-refractivity contribution in [1.82, 2.24) is 20.5 Å². The van der Waals surface area contributed by atoms with E-state index in [4.69, 9.17) is 4.74 Å². The lowest BCUT2D eigenvalue weighted by molar-refractivity contribution is 0.0929. The number of hydrogen-bond acceptors (Lipinski definition) is 4. The number of amides is 1. The molecule has 2 aromatic rings. The van der Waals surface area contributed by atoms with E-state index in [0.29, 0.717) is 11.6 Å². The predicted octanol–water partition coefficient (Wildman–Crippen LogP) is 1.89. The van der Waals surface area contributed by atoms with Gasteiger partial charge in [0.05, 0.1) is 13.2 Å². The number of ether oxygens (including phenoxy) is 1. The molecule has 1 aromatic heterocycles. The van der Waals surface area contributed by atoms with E-state index in [1.165, 1.54) is 7.11 Å². The second-order valence-corrected chi connectivity index (χ2v) is 4.44. The summed E-state index contributed by atoms with van der Waals surface area (Å²) in [5, 5.41) is 8.94. The van der Waals surface area contributed by atoms with Crippen molar-refractivity contribution >= 4 is 5.91 Å². The van der Waals surface area contributed by atoms with Gasteiger partial charge in [0.25, 0.3) is 5.91 Å². The Morgan fingerprint density at radius 1 is 1.38 bits per heavy atom. The Labute approximate surface area is 119 Å². The van der Waals surface area contributed by atoms with Crippen molar-refractivity contribution in [3.63, 3.8) is 0 Å². The monoisotopic (exact) mass is 296 g/mol. The van der Waals surface area contributed by atoms with Crippen LogP contribution < -0.4 is 10.1 Å². The summed E-state index contributed by atoms with van der Waals surface area (Å²) in [7, 11) is 1.28. The molecule has 0 radical (unpaired) electrons. The van der Waals surface area contributed by atoms with Gasteiger partial charge in [-0.15, -0.1) is 0 Å². The van der Waals surface area contributed by atoms with Gasteiger partial charge in [0.15, 0.2) is 5.82 Å². The van der Waals surface area contributed by atoms with E-state index in [9.17, 15) is 13.6 Å². The van der Waals surface area contributed by atoms with E-state index < -0.39 is 29.1 Å². The van der Waals surface area contributed by atoms with Crippen molar-refractivity contribution in [3.8, 4) is 5.75 Å². The van der Waals surface area contributed by atoms with E-state index >= 15 is 0 Å². The number of carbonyl (C=O) groups excluding carboxylic acids is 1. The molecular weight excluding hydrogens is 282 g/mol. The molecule has 0 saturated carbocycles. The fourth-order valence-corrected chi connectivity index (χ4v) is 1.77. The Balaban J connectivity index is 2.21. The maximum Gasteiger partial charge on any atom is 0.257 e. The van der Waals surface area contributed by atoms with Gasteiger partial charge < -0.3 is 10.1 Å². The zero-order chi connectivity index (χ0) is 15.6. The highest BCUT2D eigenvalue weighted by atomic mass is 19.1. The molecule has 0 saturated heterocycles. The molecule has 0 aliphatic carbocycles. The Morgan fingerprint density at radius 2 is 2.00 bits per heavy atom. The third-order valence-electron chi connectivity index (χ3n) is 2.83. The van der Waals surface area contributed by atoms with Gasteiger partial charge in [-0.05, 0) is 13.8 Å². The number of rotatable bonds is 4. The first-order valence-corrected chi connectivity index (χ1v) is 6.15. The maximum atomic E-state index is 13.8. The minimum Gasteiger partial charge on any atom is -0.497 e. The number of aromatic amines is 1. The minimum atomic E-state index is -0.997. The van der Waals surface area contributed by atoms with Gasteiger partial charge in [0, 0.05) is 12.1 Å². The Bertz CT molecular complexity index is 649. The highest BCUT2D eigenvalue weighted by Crippen LogP contribution is 2.21. The van der Waals surface area contributed by atoms with Crippen LogP contribution >= 0.6 is 0 Å². The van der Waals surface area contributed by atoms with Crippen LogP contribution in [0.15, 0.2) is 12.1 Å². The van der Waals surface area contributed by atoms with Crippen molar-refractivity contribution in [1.29, 1.82) is 0 Å². The molecule has 0 aliphatic heterocycles. The normalized spacial score (nSPS) is 12.0. The average Bonchev–Trinajstić information content (AvgIpc) is 2.84. The summed E-state index contributed by atoms with van der Waals surface area (Å²) in [4.78, 5) is 16.0. The Kier molecular flexibility index (Phi) is 4.15. The van der Waals surface area contributed by atoms with E-state index in [-0.39, 0.29) is 5.75 Å². The van der Waals surface area contributed by atoms with Crippen molar-refractivity contribution in [2.75, 3.05) is 7.11 Å². The number of hydrogen-bond donors (Lipinski definition) is 2. The highest BCUT2D eigenvalue weighted by Gasteiger charge is 2.22. The molecule has 1 heterocycles. The Hall–Kier alpha value is -2.51. The molecule has 1 aromatic carbocycles. The van der Waals surface area contributed by atoms with E-state index in [1.807, 2.05) is 0 Å². The molecule has 0 fully saturated rings. The molecule has 1 unspecified atom stereocenters. The lowest BCUT2D eigenvalue weighted by Gasteiger charge is -2.12. The van der Waals surface area contributed by atoms with Crippen molar-refractivity contribution < 1.29 is 18.3 Å². The molecule has 1 amide bonds. The molecule has 1 atom stereocenters. The third-order valence-corrected chi connectivity index (χ3v) is 2.83. The molecular formula is C13H14F2N4O2. The summed E-state index contributed by atoms with van der Waals surface area (Å²) in [5.41, 5.74) is -0.671. The van der Waals surface area contributed by atoms with Crippen LogP contribution in [0.2, 0.25) is 0 Å². The van der Waals surface area contributed by atoms with Crippen LogP contribution in [0.25, 0.3) is 0 Å². The smallest absolute Gasteiger partial charge is 0.257 e. The van der Waals surface area contributed by atoms with Gasteiger partial charge in [-0.3, -0.25) is 9.89 Å². The second-order valence-electron chi connectivity index (χ2n) is 4.44. The fourth-order valence-electron chi connectivity index (χ4n) is 1.77. The topological polar surface area (TPSA) is 79.9 Å². The van der Waals surface area contributed by atoms with Gasteiger partial charge in [-0.2, -0.15) is 5.10 Å². The summed E-state index contributed by atoms with van der Waals surface area (Å²) in [6.45, 7) is 3.31. The second kappa shape index (κ2) is 5.86. The van der Waals surface area contributed by atoms with E-state index in [0.717, 1.165) is 12.1 Å². The van der Waals surface area contributed by atoms with Gasteiger partial charge in [0.2, 0.25) is 0 Å². The predicted molar refractivity (Wildman–Crippen MR) is 69.9 cm³/mol.